The van der Waals surface area contributed by atoms with Crippen LogP contribution in [-0.2, 0) is 16.1 Å². The average Bonchev–Trinajstić information content (AvgIpc) is 2.93. The molecular formula is C21H22ClNO5. The van der Waals surface area contributed by atoms with Crippen molar-refractivity contribution in [1.82, 2.24) is 5.32 Å². The van der Waals surface area contributed by atoms with E-state index < -0.39 is 12.1 Å². The summed E-state index contributed by atoms with van der Waals surface area (Å²) in [7, 11) is 0. The van der Waals surface area contributed by atoms with Gasteiger partial charge in [0.15, 0.2) is 17.6 Å². The number of esters is 1. The summed E-state index contributed by atoms with van der Waals surface area (Å²) >= 11 is 6.20. The number of hydrogen-bond acceptors (Lipinski definition) is 5. The summed E-state index contributed by atoms with van der Waals surface area (Å²) in [6.07, 6.45) is -0.226. The van der Waals surface area contributed by atoms with Crippen LogP contribution in [0.15, 0.2) is 36.4 Å². The highest BCUT2D eigenvalue weighted by molar-refractivity contribution is 6.32. The second kappa shape index (κ2) is 8.97. The number of amides is 1. The number of carbonyl (C=O) groups is 2. The molecule has 0 unspecified atom stereocenters. The van der Waals surface area contributed by atoms with Crippen molar-refractivity contribution in [3.8, 4) is 11.5 Å². The van der Waals surface area contributed by atoms with Gasteiger partial charge < -0.3 is 19.5 Å². The Morgan fingerprint density at radius 3 is 2.64 bits per heavy atom. The molecule has 2 aromatic carbocycles. The van der Waals surface area contributed by atoms with E-state index >= 15 is 0 Å². The SMILES string of the molecule is Cc1ccc(CNC(=O)[C@@H](C)OC(=O)c2cc(Cl)c3c(c2)OCCCO3)cc1. The Hall–Kier alpha value is -2.73. The summed E-state index contributed by atoms with van der Waals surface area (Å²) in [5.41, 5.74) is 2.31. The standard InChI is InChI=1S/C21H22ClNO5/c1-13-4-6-15(7-5-13)12-23-20(24)14(2)28-21(25)16-10-17(22)19-18(11-16)26-8-3-9-27-19/h4-7,10-11,14H,3,8-9,12H2,1-2H3,(H,23,24)/t14-/m1/s1. The molecule has 0 bridgehead atoms. The third-order valence-corrected chi connectivity index (χ3v) is 4.56. The number of ether oxygens (including phenoxy) is 3. The van der Waals surface area contributed by atoms with Crippen LogP contribution in [0.4, 0.5) is 0 Å². The molecule has 1 N–H and O–H groups in total. The highest BCUT2D eigenvalue weighted by atomic mass is 35.5. The topological polar surface area (TPSA) is 73.9 Å². The van der Waals surface area contributed by atoms with Gasteiger partial charge in [-0.15, -0.1) is 0 Å². The van der Waals surface area contributed by atoms with Crippen LogP contribution < -0.4 is 14.8 Å². The Bertz CT molecular complexity index is 866. The molecule has 6 nitrogen and oxygen atoms in total. The summed E-state index contributed by atoms with van der Waals surface area (Å²) in [5.74, 6) is -0.224. The lowest BCUT2D eigenvalue weighted by molar-refractivity contribution is -0.129. The van der Waals surface area contributed by atoms with Gasteiger partial charge in [0.2, 0.25) is 0 Å². The summed E-state index contributed by atoms with van der Waals surface area (Å²) < 4.78 is 16.4. The Morgan fingerprint density at radius 2 is 1.89 bits per heavy atom. The zero-order valence-corrected chi connectivity index (χ0v) is 16.5. The quantitative estimate of drug-likeness (QED) is 0.771. The molecular weight excluding hydrogens is 382 g/mol. The van der Waals surface area contributed by atoms with E-state index in [2.05, 4.69) is 5.32 Å². The number of aryl methyl sites for hydroxylation is 1. The minimum absolute atomic E-state index is 0.201. The molecule has 148 valence electrons. The van der Waals surface area contributed by atoms with Gasteiger partial charge in [-0.1, -0.05) is 41.4 Å². The minimum Gasteiger partial charge on any atom is -0.489 e. The third-order valence-electron chi connectivity index (χ3n) is 4.28. The highest BCUT2D eigenvalue weighted by Gasteiger charge is 2.22. The first-order valence-corrected chi connectivity index (χ1v) is 9.45. The summed E-state index contributed by atoms with van der Waals surface area (Å²) in [6.45, 7) is 4.84. The predicted molar refractivity (Wildman–Crippen MR) is 105 cm³/mol. The van der Waals surface area contributed by atoms with Crippen LogP contribution in [0.1, 0.15) is 34.8 Å². The minimum atomic E-state index is -0.951. The molecule has 1 aliphatic heterocycles. The molecule has 1 amide bonds. The lowest BCUT2D eigenvalue weighted by atomic mass is 10.1. The fourth-order valence-electron chi connectivity index (χ4n) is 2.67. The van der Waals surface area contributed by atoms with Gasteiger partial charge in [-0.25, -0.2) is 4.79 Å². The third kappa shape index (κ3) is 4.95. The van der Waals surface area contributed by atoms with Crippen molar-refractivity contribution in [1.29, 1.82) is 0 Å². The second-order valence-corrected chi connectivity index (χ2v) is 6.99. The van der Waals surface area contributed by atoms with Crippen molar-refractivity contribution >= 4 is 23.5 Å². The Labute approximate surface area is 168 Å². The van der Waals surface area contributed by atoms with Crippen molar-refractivity contribution < 1.29 is 23.8 Å². The Balaban J connectivity index is 1.60. The summed E-state index contributed by atoms with van der Waals surface area (Å²) in [6, 6.07) is 10.8. The van der Waals surface area contributed by atoms with Gasteiger partial charge in [0.25, 0.3) is 5.91 Å². The first-order valence-electron chi connectivity index (χ1n) is 9.07. The van der Waals surface area contributed by atoms with Gasteiger partial charge in [-0.05, 0) is 31.5 Å². The van der Waals surface area contributed by atoms with E-state index in [0.717, 1.165) is 17.5 Å². The number of carbonyl (C=O) groups excluding carboxylic acids is 2. The molecule has 0 aromatic heterocycles. The molecule has 1 heterocycles. The zero-order valence-electron chi connectivity index (χ0n) is 15.8. The average molecular weight is 404 g/mol. The molecule has 0 saturated carbocycles. The van der Waals surface area contributed by atoms with Crippen molar-refractivity contribution in [2.45, 2.75) is 32.9 Å². The maximum Gasteiger partial charge on any atom is 0.339 e. The smallest absolute Gasteiger partial charge is 0.339 e. The van der Waals surface area contributed by atoms with Gasteiger partial charge >= 0.3 is 5.97 Å². The monoisotopic (exact) mass is 403 g/mol. The normalized spacial score (nSPS) is 14.0. The summed E-state index contributed by atoms with van der Waals surface area (Å²) in [5, 5.41) is 3.02. The van der Waals surface area contributed by atoms with Gasteiger partial charge in [0.1, 0.15) is 0 Å². The first kappa shape index (κ1) is 20.0. The van der Waals surface area contributed by atoms with E-state index in [0.29, 0.717) is 31.3 Å². The number of nitrogens with one attached hydrogen (secondary N) is 1. The van der Waals surface area contributed by atoms with Crippen LogP contribution in [-0.4, -0.2) is 31.2 Å². The van der Waals surface area contributed by atoms with Gasteiger partial charge in [0, 0.05) is 13.0 Å². The zero-order chi connectivity index (χ0) is 20.1. The number of benzene rings is 2. The van der Waals surface area contributed by atoms with Crippen molar-refractivity contribution in [3.63, 3.8) is 0 Å². The van der Waals surface area contributed by atoms with Gasteiger partial charge in [-0.3, -0.25) is 4.79 Å². The fraction of sp³-hybridized carbons (Fsp3) is 0.333. The van der Waals surface area contributed by atoms with E-state index in [9.17, 15) is 9.59 Å². The largest absolute Gasteiger partial charge is 0.489 e. The molecule has 0 aliphatic carbocycles. The van der Waals surface area contributed by atoms with E-state index in [1.165, 1.54) is 19.1 Å². The van der Waals surface area contributed by atoms with Crippen LogP contribution in [0.3, 0.4) is 0 Å². The maximum absolute atomic E-state index is 12.4. The molecule has 28 heavy (non-hydrogen) atoms. The first-order chi connectivity index (χ1) is 13.4. The number of rotatable bonds is 5. The maximum atomic E-state index is 12.4. The predicted octanol–water partition coefficient (Wildman–Crippen LogP) is 3.67. The molecule has 0 fully saturated rings. The molecule has 0 saturated heterocycles. The molecule has 1 atom stereocenters. The number of hydrogen-bond donors (Lipinski definition) is 1. The van der Waals surface area contributed by atoms with Crippen molar-refractivity contribution in [3.05, 3.63) is 58.1 Å². The molecule has 3 rings (SSSR count). The van der Waals surface area contributed by atoms with Crippen molar-refractivity contribution in [2.24, 2.45) is 0 Å². The molecule has 0 spiro atoms. The van der Waals surface area contributed by atoms with Crippen LogP contribution in [0.25, 0.3) is 0 Å². The van der Waals surface area contributed by atoms with Gasteiger partial charge in [0.05, 0.1) is 23.8 Å². The van der Waals surface area contributed by atoms with Crippen LogP contribution in [0, 0.1) is 6.92 Å². The fourth-order valence-corrected chi connectivity index (χ4v) is 2.93. The van der Waals surface area contributed by atoms with E-state index in [1.54, 1.807) is 0 Å². The highest BCUT2D eigenvalue weighted by Crippen LogP contribution is 2.38. The lowest BCUT2D eigenvalue weighted by Crippen LogP contribution is -2.35. The van der Waals surface area contributed by atoms with Crippen LogP contribution >= 0.6 is 11.6 Å². The number of halogens is 1. The van der Waals surface area contributed by atoms with E-state index in [1.807, 2.05) is 31.2 Å². The van der Waals surface area contributed by atoms with E-state index in [-0.39, 0.29) is 16.5 Å². The van der Waals surface area contributed by atoms with Gasteiger partial charge in [-0.2, -0.15) is 0 Å². The summed E-state index contributed by atoms with van der Waals surface area (Å²) in [4.78, 5) is 24.7. The second-order valence-electron chi connectivity index (χ2n) is 6.59. The number of fused-ring (bicyclic) bond motifs is 1. The Kier molecular flexibility index (Phi) is 6.41. The van der Waals surface area contributed by atoms with E-state index in [4.69, 9.17) is 25.8 Å². The molecule has 2 aromatic rings. The Morgan fingerprint density at radius 1 is 1.18 bits per heavy atom. The van der Waals surface area contributed by atoms with Crippen molar-refractivity contribution in [2.75, 3.05) is 13.2 Å². The van der Waals surface area contributed by atoms with Crippen LogP contribution in [0.5, 0.6) is 11.5 Å². The van der Waals surface area contributed by atoms with Crippen LogP contribution in [0.2, 0.25) is 5.02 Å². The molecule has 0 radical (unpaired) electrons. The lowest BCUT2D eigenvalue weighted by Gasteiger charge is -2.15. The molecule has 1 aliphatic rings. The molecule has 7 heteroatoms.